The molecule has 0 bridgehead atoms. The zero-order valence-corrected chi connectivity index (χ0v) is 28.1. The molecule has 10 rings (SSSR count). The van der Waals surface area contributed by atoms with E-state index in [1.165, 1.54) is 76.6 Å². The lowest BCUT2D eigenvalue weighted by Crippen LogP contribution is -1.94. The summed E-state index contributed by atoms with van der Waals surface area (Å²) in [6, 6.07) is 63.9. The molecule has 0 saturated carbocycles. The van der Waals surface area contributed by atoms with Gasteiger partial charge in [0.05, 0.1) is 22.1 Å². The van der Waals surface area contributed by atoms with Crippen molar-refractivity contribution in [2.75, 3.05) is 0 Å². The van der Waals surface area contributed by atoms with Crippen LogP contribution in [0.2, 0.25) is 0 Å². The van der Waals surface area contributed by atoms with Crippen LogP contribution in [0.15, 0.2) is 180 Å². The summed E-state index contributed by atoms with van der Waals surface area (Å²) in [4.78, 5) is 0. The van der Waals surface area contributed by atoms with Crippen molar-refractivity contribution >= 4 is 70.3 Å². The van der Waals surface area contributed by atoms with Crippen molar-refractivity contribution in [2.24, 2.45) is 0 Å². The lowest BCUT2D eigenvalue weighted by molar-refractivity contribution is 1.18. The Kier molecular flexibility index (Phi) is 6.37. The second kappa shape index (κ2) is 11.1. The minimum absolute atomic E-state index is 1.05. The summed E-state index contributed by atoms with van der Waals surface area (Å²) in [5.41, 5.74) is 11.9. The number of aromatic nitrogens is 2. The first kappa shape index (κ1) is 28.1. The highest BCUT2D eigenvalue weighted by Gasteiger charge is 2.17. The summed E-state index contributed by atoms with van der Waals surface area (Å²) >= 11 is 3.88. The molecular weight excluding hydrogens is 660 g/mol. The van der Waals surface area contributed by atoms with Gasteiger partial charge in [-0.3, -0.25) is 0 Å². The Labute approximate surface area is 292 Å². The van der Waals surface area contributed by atoms with Gasteiger partial charge in [-0.25, -0.2) is 0 Å². The van der Waals surface area contributed by atoms with Crippen LogP contribution in [0, 0.1) is 0 Å². The van der Waals surface area contributed by atoms with Crippen LogP contribution < -0.4 is 0 Å². The second-order valence-corrected chi connectivity index (χ2v) is 13.7. The van der Waals surface area contributed by atoms with Gasteiger partial charge >= 0.3 is 0 Å². The molecule has 0 radical (unpaired) electrons. The van der Waals surface area contributed by atoms with E-state index in [2.05, 4.69) is 201 Å². The number of rotatable bonds is 4. The lowest BCUT2D eigenvalue weighted by atomic mass is 9.97. The van der Waals surface area contributed by atoms with Crippen LogP contribution in [-0.2, 0) is 0 Å². The highest BCUT2D eigenvalue weighted by molar-refractivity contribution is 9.10. The molecule has 0 unspecified atom stereocenters. The van der Waals surface area contributed by atoms with Gasteiger partial charge < -0.3 is 9.13 Å². The largest absolute Gasteiger partial charge is 0.309 e. The molecule has 2 heterocycles. The molecule has 2 aromatic heterocycles. The van der Waals surface area contributed by atoms with Gasteiger partial charge in [0.25, 0.3) is 0 Å². The van der Waals surface area contributed by atoms with Crippen molar-refractivity contribution in [1.29, 1.82) is 0 Å². The summed E-state index contributed by atoms with van der Waals surface area (Å²) < 4.78 is 5.87. The first-order chi connectivity index (χ1) is 24.2. The Morgan fingerprint density at radius 3 is 1.53 bits per heavy atom. The van der Waals surface area contributed by atoms with Crippen molar-refractivity contribution in [2.45, 2.75) is 0 Å². The summed E-state index contributed by atoms with van der Waals surface area (Å²) in [5, 5.41) is 7.54. The third kappa shape index (κ3) is 4.47. The SMILES string of the molecule is Brc1cc(-c2ccc3c4ccccc4n(-c4ccccc4)c3c2)cc(-c2ccc3c4ccc5ccccc5c4n(-c4ccccc4)c3c2)c1. The first-order valence-corrected chi connectivity index (χ1v) is 17.4. The van der Waals surface area contributed by atoms with E-state index in [0.717, 1.165) is 15.8 Å². The average Bonchev–Trinajstić information content (AvgIpc) is 3.68. The van der Waals surface area contributed by atoms with Gasteiger partial charge in [0.1, 0.15) is 0 Å². The quantitative estimate of drug-likeness (QED) is 0.174. The molecule has 0 amide bonds. The standard InChI is InChI=1S/C46H29BrN2/c47-35-26-33(31-20-22-40-39-17-9-10-18-43(39)48(44(40)28-31)36-12-3-1-4-13-36)25-34(27-35)32-21-23-41-42-24-19-30-11-7-8-16-38(30)46(42)49(45(41)29-32)37-14-5-2-6-15-37/h1-29H. The van der Waals surface area contributed by atoms with E-state index in [-0.39, 0.29) is 0 Å². The zero-order chi connectivity index (χ0) is 32.5. The van der Waals surface area contributed by atoms with Gasteiger partial charge in [-0.15, -0.1) is 0 Å². The number of fused-ring (bicyclic) bond motifs is 8. The second-order valence-electron chi connectivity index (χ2n) is 12.7. The van der Waals surface area contributed by atoms with Crippen molar-refractivity contribution < 1.29 is 0 Å². The fourth-order valence-corrected chi connectivity index (χ4v) is 8.22. The maximum atomic E-state index is 3.88. The van der Waals surface area contributed by atoms with E-state index < -0.39 is 0 Å². The van der Waals surface area contributed by atoms with Gasteiger partial charge in [0, 0.05) is 42.8 Å². The predicted molar refractivity (Wildman–Crippen MR) is 211 cm³/mol. The molecule has 8 aromatic carbocycles. The fourth-order valence-electron chi connectivity index (χ4n) is 7.73. The van der Waals surface area contributed by atoms with Crippen LogP contribution in [0.25, 0.3) is 88.0 Å². The molecule has 230 valence electrons. The summed E-state index contributed by atoms with van der Waals surface area (Å²) in [6.45, 7) is 0. The van der Waals surface area contributed by atoms with Crippen LogP contribution in [0.3, 0.4) is 0 Å². The van der Waals surface area contributed by atoms with Crippen molar-refractivity contribution in [1.82, 2.24) is 9.13 Å². The molecule has 49 heavy (non-hydrogen) atoms. The molecule has 3 heteroatoms. The number of para-hydroxylation sites is 3. The van der Waals surface area contributed by atoms with Crippen LogP contribution >= 0.6 is 15.9 Å². The minimum atomic E-state index is 1.05. The van der Waals surface area contributed by atoms with E-state index in [1.807, 2.05) is 0 Å². The molecule has 0 saturated heterocycles. The summed E-state index contributed by atoms with van der Waals surface area (Å²) in [6.07, 6.45) is 0. The van der Waals surface area contributed by atoms with Gasteiger partial charge in [-0.2, -0.15) is 0 Å². The van der Waals surface area contributed by atoms with Gasteiger partial charge in [0.15, 0.2) is 0 Å². The normalized spacial score (nSPS) is 11.8. The van der Waals surface area contributed by atoms with Crippen LogP contribution in [0.1, 0.15) is 0 Å². The Hall–Kier alpha value is -5.90. The molecule has 0 fully saturated rings. The molecular formula is C46H29BrN2. The van der Waals surface area contributed by atoms with Gasteiger partial charge in [-0.05, 0) is 88.3 Å². The maximum absolute atomic E-state index is 3.88. The number of hydrogen-bond acceptors (Lipinski definition) is 0. The Bertz CT molecular complexity index is 2880. The van der Waals surface area contributed by atoms with Crippen LogP contribution in [-0.4, -0.2) is 9.13 Å². The minimum Gasteiger partial charge on any atom is -0.309 e. The third-order valence-electron chi connectivity index (χ3n) is 9.92. The van der Waals surface area contributed by atoms with E-state index >= 15 is 0 Å². The Morgan fingerprint density at radius 2 is 0.837 bits per heavy atom. The topological polar surface area (TPSA) is 9.86 Å². The zero-order valence-electron chi connectivity index (χ0n) is 26.5. The maximum Gasteiger partial charge on any atom is 0.0619 e. The summed E-state index contributed by atoms with van der Waals surface area (Å²) in [7, 11) is 0. The molecule has 10 aromatic rings. The van der Waals surface area contributed by atoms with E-state index in [0.29, 0.717) is 0 Å². The molecule has 2 nitrogen and oxygen atoms in total. The van der Waals surface area contributed by atoms with E-state index in [4.69, 9.17) is 0 Å². The van der Waals surface area contributed by atoms with Crippen molar-refractivity contribution in [3.63, 3.8) is 0 Å². The summed E-state index contributed by atoms with van der Waals surface area (Å²) in [5.74, 6) is 0. The van der Waals surface area contributed by atoms with Crippen LogP contribution in [0.4, 0.5) is 0 Å². The number of halogens is 1. The molecule has 0 spiro atoms. The van der Waals surface area contributed by atoms with Crippen molar-refractivity contribution in [3.8, 4) is 33.6 Å². The van der Waals surface area contributed by atoms with Crippen LogP contribution in [0.5, 0.6) is 0 Å². The fraction of sp³-hybridized carbons (Fsp3) is 0. The molecule has 0 aliphatic rings. The van der Waals surface area contributed by atoms with E-state index in [1.54, 1.807) is 0 Å². The Balaban J connectivity index is 1.18. The first-order valence-electron chi connectivity index (χ1n) is 16.6. The Morgan fingerprint density at radius 1 is 0.327 bits per heavy atom. The lowest BCUT2D eigenvalue weighted by Gasteiger charge is -2.12. The molecule has 0 aliphatic heterocycles. The monoisotopic (exact) mass is 688 g/mol. The number of nitrogens with zero attached hydrogens (tertiary/aromatic N) is 2. The molecule has 0 atom stereocenters. The molecule has 0 aliphatic carbocycles. The highest BCUT2D eigenvalue weighted by Crippen LogP contribution is 2.40. The highest BCUT2D eigenvalue weighted by atomic mass is 79.9. The number of hydrogen-bond donors (Lipinski definition) is 0. The van der Waals surface area contributed by atoms with Crippen molar-refractivity contribution in [3.05, 3.63) is 180 Å². The van der Waals surface area contributed by atoms with Gasteiger partial charge in [0.2, 0.25) is 0 Å². The number of benzene rings is 8. The predicted octanol–water partition coefficient (Wildman–Crippen LogP) is 13.1. The van der Waals surface area contributed by atoms with Gasteiger partial charge in [-0.1, -0.05) is 131 Å². The van der Waals surface area contributed by atoms with E-state index in [9.17, 15) is 0 Å². The third-order valence-corrected chi connectivity index (χ3v) is 10.4. The molecule has 0 N–H and O–H groups in total. The average molecular weight is 690 g/mol. The smallest absolute Gasteiger partial charge is 0.0619 e.